The first kappa shape index (κ1) is 15.6. The highest BCUT2D eigenvalue weighted by Gasteiger charge is 2.38. The summed E-state index contributed by atoms with van der Waals surface area (Å²) in [5.41, 5.74) is -0.216. The van der Waals surface area contributed by atoms with Crippen molar-refractivity contribution in [3.8, 4) is 0 Å². The van der Waals surface area contributed by atoms with E-state index in [1.54, 1.807) is 13.8 Å². The molecular weight excluding hydrogens is 290 g/mol. The molecule has 0 saturated heterocycles. The Bertz CT molecular complexity index is 666. The van der Waals surface area contributed by atoms with E-state index in [1.165, 1.54) is 17.0 Å². The molecule has 0 unspecified atom stereocenters. The number of hydrogen-bond donors (Lipinski definition) is 0. The number of nitro groups is 1. The number of carbonyl (C=O) groups is 3. The van der Waals surface area contributed by atoms with E-state index in [-0.39, 0.29) is 29.3 Å². The Kier molecular flexibility index (Phi) is 4.20. The van der Waals surface area contributed by atoms with Gasteiger partial charge in [0.2, 0.25) is 5.91 Å². The zero-order valence-electron chi connectivity index (χ0n) is 12.2. The molecule has 0 atom stereocenters. The molecule has 1 aromatic rings. The highest BCUT2D eigenvalue weighted by Crippen LogP contribution is 2.26. The van der Waals surface area contributed by atoms with Crippen molar-refractivity contribution < 1.29 is 19.3 Å². The summed E-state index contributed by atoms with van der Waals surface area (Å²) < 4.78 is 0. The van der Waals surface area contributed by atoms with E-state index < -0.39 is 16.7 Å². The lowest BCUT2D eigenvalue weighted by atomic mass is 10.1. The topological polar surface area (TPSA) is 101 Å². The Morgan fingerprint density at radius 3 is 2.32 bits per heavy atom. The Balaban J connectivity index is 2.27. The third-order valence-corrected chi connectivity index (χ3v) is 3.57. The van der Waals surface area contributed by atoms with Gasteiger partial charge in [-0.05, 0) is 19.9 Å². The van der Waals surface area contributed by atoms with Crippen LogP contribution < -0.4 is 0 Å². The fraction of sp³-hybridized carbons (Fsp3) is 0.357. The Morgan fingerprint density at radius 2 is 1.77 bits per heavy atom. The van der Waals surface area contributed by atoms with Crippen LogP contribution in [0.2, 0.25) is 0 Å². The summed E-state index contributed by atoms with van der Waals surface area (Å²) >= 11 is 0. The van der Waals surface area contributed by atoms with Crippen molar-refractivity contribution in [2.24, 2.45) is 0 Å². The predicted octanol–water partition coefficient (Wildman–Crippen LogP) is 1.06. The van der Waals surface area contributed by atoms with Crippen molar-refractivity contribution in [1.82, 2.24) is 9.80 Å². The molecule has 1 aliphatic heterocycles. The molecule has 3 amide bonds. The highest BCUT2D eigenvalue weighted by atomic mass is 16.6. The van der Waals surface area contributed by atoms with Crippen molar-refractivity contribution >= 4 is 23.4 Å². The number of likely N-dealkylation sites (N-methyl/N-ethyl adjacent to an activating group) is 1. The molecule has 8 heteroatoms. The van der Waals surface area contributed by atoms with Gasteiger partial charge in [0.05, 0.1) is 16.1 Å². The standard InChI is InChI=1S/C14H15N3O5/c1-3-15(4-2)12(18)8-16-13(19)10-6-5-9(17(21)22)7-11(10)14(16)20/h5-7H,3-4,8H2,1-2H3. The summed E-state index contributed by atoms with van der Waals surface area (Å²) in [5, 5.41) is 10.8. The summed E-state index contributed by atoms with van der Waals surface area (Å²) in [6, 6.07) is 3.48. The SMILES string of the molecule is CCN(CC)C(=O)CN1C(=O)c2ccc([N+](=O)[O-])cc2C1=O. The van der Waals surface area contributed by atoms with Crippen LogP contribution in [-0.4, -0.2) is 52.1 Å². The number of hydrogen-bond acceptors (Lipinski definition) is 5. The number of nitrogens with zero attached hydrogens (tertiary/aromatic N) is 3. The number of carbonyl (C=O) groups excluding carboxylic acids is 3. The largest absolute Gasteiger partial charge is 0.342 e. The van der Waals surface area contributed by atoms with Crippen LogP contribution in [0.1, 0.15) is 34.6 Å². The molecule has 0 radical (unpaired) electrons. The first-order valence-corrected chi connectivity index (χ1v) is 6.83. The molecule has 2 rings (SSSR count). The summed E-state index contributed by atoms with van der Waals surface area (Å²) in [4.78, 5) is 48.9. The van der Waals surface area contributed by atoms with E-state index in [2.05, 4.69) is 0 Å². The van der Waals surface area contributed by atoms with Gasteiger partial charge in [0.15, 0.2) is 0 Å². The number of fused-ring (bicyclic) bond motifs is 1. The first-order valence-electron chi connectivity index (χ1n) is 6.83. The third-order valence-electron chi connectivity index (χ3n) is 3.57. The fourth-order valence-corrected chi connectivity index (χ4v) is 2.35. The van der Waals surface area contributed by atoms with E-state index in [1.807, 2.05) is 0 Å². The normalized spacial score (nSPS) is 13.3. The summed E-state index contributed by atoms with van der Waals surface area (Å²) in [6.07, 6.45) is 0. The van der Waals surface area contributed by atoms with Crippen LogP contribution in [0.25, 0.3) is 0 Å². The van der Waals surface area contributed by atoms with Gasteiger partial charge in [0.25, 0.3) is 17.5 Å². The molecule has 1 aliphatic rings. The summed E-state index contributed by atoms with van der Waals surface area (Å²) in [7, 11) is 0. The maximum Gasteiger partial charge on any atom is 0.270 e. The van der Waals surface area contributed by atoms with Crippen molar-refractivity contribution in [3.05, 3.63) is 39.4 Å². The summed E-state index contributed by atoms with van der Waals surface area (Å²) in [6.45, 7) is 4.19. The van der Waals surface area contributed by atoms with Crippen molar-refractivity contribution in [3.63, 3.8) is 0 Å². The second kappa shape index (κ2) is 5.92. The zero-order valence-corrected chi connectivity index (χ0v) is 12.2. The van der Waals surface area contributed by atoms with E-state index in [0.717, 1.165) is 11.0 Å². The molecular formula is C14H15N3O5. The number of non-ortho nitro benzene ring substituents is 1. The molecule has 0 fully saturated rings. The molecule has 0 saturated carbocycles. The van der Waals surface area contributed by atoms with E-state index in [4.69, 9.17) is 0 Å². The van der Waals surface area contributed by atoms with Crippen molar-refractivity contribution in [1.29, 1.82) is 0 Å². The smallest absolute Gasteiger partial charge is 0.270 e. The molecule has 1 aromatic carbocycles. The number of benzene rings is 1. The molecule has 116 valence electrons. The molecule has 0 spiro atoms. The van der Waals surface area contributed by atoms with Crippen LogP contribution in [0.5, 0.6) is 0 Å². The van der Waals surface area contributed by atoms with Gasteiger partial charge in [-0.2, -0.15) is 0 Å². The predicted molar refractivity (Wildman–Crippen MR) is 76.4 cm³/mol. The molecule has 8 nitrogen and oxygen atoms in total. The van der Waals surface area contributed by atoms with Crippen LogP contribution >= 0.6 is 0 Å². The molecule has 0 aliphatic carbocycles. The molecule has 0 bridgehead atoms. The number of amides is 3. The van der Waals surface area contributed by atoms with Crippen LogP contribution in [0.15, 0.2) is 18.2 Å². The lowest BCUT2D eigenvalue weighted by Gasteiger charge is -2.21. The maximum atomic E-state index is 12.2. The lowest BCUT2D eigenvalue weighted by molar-refractivity contribution is -0.384. The number of rotatable bonds is 5. The van der Waals surface area contributed by atoms with Crippen LogP contribution in [-0.2, 0) is 4.79 Å². The van der Waals surface area contributed by atoms with Crippen molar-refractivity contribution in [2.75, 3.05) is 19.6 Å². The van der Waals surface area contributed by atoms with Gasteiger partial charge >= 0.3 is 0 Å². The van der Waals surface area contributed by atoms with Gasteiger partial charge < -0.3 is 4.90 Å². The molecule has 0 aromatic heterocycles. The van der Waals surface area contributed by atoms with Crippen molar-refractivity contribution in [2.45, 2.75) is 13.8 Å². The molecule has 22 heavy (non-hydrogen) atoms. The third kappa shape index (κ3) is 2.54. The van der Waals surface area contributed by atoms with E-state index >= 15 is 0 Å². The summed E-state index contributed by atoms with van der Waals surface area (Å²) in [5.74, 6) is -1.62. The van der Waals surface area contributed by atoms with E-state index in [9.17, 15) is 24.5 Å². The van der Waals surface area contributed by atoms with E-state index in [0.29, 0.717) is 13.1 Å². The first-order chi connectivity index (χ1) is 10.4. The van der Waals surface area contributed by atoms with Crippen LogP contribution in [0, 0.1) is 10.1 Å². The van der Waals surface area contributed by atoms with Gasteiger partial charge in [-0.3, -0.25) is 29.4 Å². The quantitative estimate of drug-likeness (QED) is 0.460. The lowest BCUT2D eigenvalue weighted by Crippen LogP contribution is -2.42. The maximum absolute atomic E-state index is 12.2. The van der Waals surface area contributed by atoms with Gasteiger partial charge in [-0.1, -0.05) is 0 Å². The minimum absolute atomic E-state index is 0.0356. The Morgan fingerprint density at radius 1 is 1.18 bits per heavy atom. The average Bonchev–Trinajstić information content (AvgIpc) is 2.73. The van der Waals surface area contributed by atoms with Gasteiger partial charge in [0.1, 0.15) is 6.54 Å². The van der Waals surface area contributed by atoms with Gasteiger partial charge in [-0.15, -0.1) is 0 Å². The monoisotopic (exact) mass is 305 g/mol. The second-order valence-electron chi connectivity index (χ2n) is 4.75. The van der Waals surface area contributed by atoms with Gasteiger partial charge in [-0.25, -0.2) is 0 Å². The number of imide groups is 1. The number of nitro benzene ring substituents is 1. The second-order valence-corrected chi connectivity index (χ2v) is 4.75. The Labute approximate surface area is 126 Å². The average molecular weight is 305 g/mol. The minimum atomic E-state index is -0.677. The van der Waals surface area contributed by atoms with Gasteiger partial charge in [0, 0.05) is 25.2 Å². The molecule has 0 N–H and O–H groups in total. The van der Waals surface area contributed by atoms with Crippen LogP contribution in [0.4, 0.5) is 5.69 Å². The fourth-order valence-electron chi connectivity index (χ4n) is 2.35. The minimum Gasteiger partial charge on any atom is -0.342 e. The zero-order chi connectivity index (χ0) is 16.4. The highest BCUT2D eigenvalue weighted by molar-refractivity contribution is 6.22. The Hall–Kier alpha value is -2.77. The molecule has 1 heterocycles. The van der Waals surface area contributed by atoms with Crippen LogP contribution in [0.3, 0.4) is 0 Å².